The number of methoxy groups -OCH3 is 1. The van der Waals surface area contributed by atoms with E-state index in [1.54, 1.807) is 6.07 Å². The molecule has 0 saturated heterocycles. The van der Waals surface area contributed by atoms with Crippen molar-refractivity contribution in [3.8, 4) is 17.3 Å². The molecule has 0 spiro atoms. The summed E-state index contributed by atoms with van der Waals surface area (Å²) in [4.78, 5) is 20.3. The summed E-state index contributed by atoms with van der Waals surface area (Å²) < 4.78 is 47.7. The first kappa shape index (κ1) is 19.1. The van der Waals surface area contributed by atoms with E-state index in [-0.39, 0.29) is 11.6 Å². The second kappa shape index (κ2) is 7.33. The molecule has 0 atom stereocenters. The third kappa shape index (κ3) is 3.73. The molecule has 0 fully saturated rings. The van der Waals surface area contributed by atoms with Gasteiger partial charge in [-0.05, 0) is 6.07 Å². The van der Waals surface area contributed by atoms with Crippen LogP contribution in [0.25, 0.3) is 22.6 Å². The zero-order valence-electron chi connectivity index (χ0n) is 14.3. The van der Waals surface area contributed by atoms with Gasteiger partial charge in [0.15, 0.2) is 5.65 Å². The molecule has 4 rings (SSSR count). The van der Waals surface area contributed by atoms with Gasteiger partial charge < -0.3 is 10.1 Å². The number of fused-ring (bicyclic) bond motifs is 1. The number of aromatic nitrogens is 7. The number of alkyl halides is 3. The maximum Gasteiger partial charge on any atom is 0.423 e. The van der Waals surface area contributed by atoms with Gasteiger partial charge in [0.2, 0.25) is 11.8 Å². The fourth-order valence-corrected chi connectivity index (χ4v) is 3.02. The van der Waals surface area contributed by atoms with E-state index in [0.29, 0.717) is 33.1 Å². The van der Waals surface area contributed by atoms with Crippen LogP contribution in [0.1, 0.15) is 5.56 Å². The summed E-state index contributed by atoms with van der Waals surface area (Å²) in [5, 5.41) is 6.70. The van der Waals surface area contributed by atoms with Crippen molar-refractivity contribution in [2.45, 2.75) is 6.18 Å². The predicted octanol–water partition coefficient (Wildman–Crippen LogP) is 3.76. The van der Waals surface area contributed by atoms with Gasteiger partial charge in [-0.25, -0.2) is 19.9 Å². The van der Waals surface area contributed by atoms with E-state index >= 15 is 0 Å². The highest BCUT2D eigenvalue weighted by molar-refractivity contribution is 7.10. The minimum Gasteiger partial charge on any atom is -0.480 e. The first-order chi connectivity index (χ1) is 13.9. The molecule has 4 aromatic heterocycles. The molecule has 0 saturated carbocycles. The van der Waals surface area contributed by atoms with Crippen molar-refractivity contribution in [3.05, 3.63) is 34.6 Å². The van der Waals surface area contributed by atoms with Gasteiger partial charge in [-0.2, -0.15) is 18.2 Å². The van der Waals surface area contributed by atoms with Gasteiger partial charge in [0.1, 0.15) is 26.8 Å². The van der Waals surface area contributed by atoms with E-state index in [9.17, 15) is 13.2 Å². The second-order valence-corrected chi connectivity index (χ2v) is 6.78. The number of halogens is 4. The van der Waals surface area contributed by atoms with Crippen molar-refractivity contribution in [2.24, 2.45) is 0 Å². The van der Waals surface area contributed by atoms with E-state index in [0.717, 1.165) is 18.6 Å². The largest absolute Gasteiger partial charge is 0.480 e. The van der Waals surface area contributed by atoms with Gasteiger partial charge in [-0.3, -0.25) is 0 Å². The Labute approximate surface area is 169 Å². The highest BCUT2D eigenvalue weighted by Crippen LogP contribution is 2.35. The Hall–Kier alpha value is -3.19. The van der Waals surface area contributed by atoms with Gasteiger partial charge in [-0.15, -0.1) is 5.10 Å². The molecule has 4 aromatic rings. The Morgan fingerprint density at radius 3 is 2.66 bits per heavy atom. The van der Waals surface area contributed by atoms with E-state index in [1.165, 1.54) is 12.4 Å². The molecular weight excluding hydrogens is 433 g/mol. The first-order valence-corrected chi connectivity index (χ1v) is 8.87. The molecule has 9 nitrogen and oxygen atoms in total. The number of anilines is 2. The molecule has 0 amide bonds. The predicted molar refractivity (Wildman–Crippen MR) is 98.1 cm³/mol. The molecule has 0 aliphatic heterocycles. The molecule has 1 N–H and O–H groups in total. The minimum atomic E-state index is -4.64. The van der Waals surface area contributed by atoms with Crippen molar-refractivity contribution in [1.29, 1.82) is 0 Å². The third-order valence-electron chi connectivity index (χ3n) is 3.64. The molecule has 0 aliphatic rings. The van der Waals surface area contributed by atoms with Crippen LogP contribution in [0.5, 0.6) is 5.88 Å². The Morgan fingerprint density at radius 2 is 1.97 bits per heavy atom. The molecule has 14 heteroatoms. The van der Waals surface area contributed by atoms with Crippen LogP contribution in [0.15, 0.2) is 24.7 Å². The number of rotatable bonds is 4. The Bertz CT molecular complexity index is 1200. The lowest BCUT2D eigenvalue weighted by molar-refractivity contribution is -0.139. The van der Waals surface area contributed by atoms with Crippen LogP contribution in [0.4, 0.5) is 24.8 Å². The van der Waals surface area contributed by atoms with E-state index < -0.39 is 17.6 Å². The van der Waals surface area contributed by atoms with E-state index in [2.05, 4.69) is 39.8 Å². The van der Waals surface area contributed by atoms with Crippen molar-refractivity contribution < 1.29 is 17.9 Å². The topological polar surface area (TPSA) is 111 Å². The number of hydrogen-bond acceptors (Lipinski definition) is 10. The highest BCUT2D eigenvalue weighted by Gasteiger charge is 2.36. The average molecular weight is 441 g/mol. The van der Waals surface area contributed by atoms with Gasteiger partial charge in [0.05, 0.1) is 19.0 Å². The van der Waals surface area contributed by atoms with Crippen LogP contribution in [-0.4, -0.2) is 41.6 Å². The summed E-state index contributed by atoms with van der Waals surface area (Å²) in [5.41, 5.74) is 0.672. The van der Waals surface area contributed by atoms with Crippen LogP contribution in [0.2, 0.25) is 4.34 Å². The summed E-state index contributed by atoms with van der Waals surface area (Å²) in [6.45, 7) is 0. The van der Waals surface area contributed by atoms with Gasteiger partial charge in [-0.1, -0.05) is 16.1 Å². The lowest BCUT2D eigenvalue weighted by Crippen LogP contribution is -2.11. The summed E-state index contributed by atoms with van der Waals surface area (Å²) in [6, 6.07) is 1.56. The molecule has 0 unspecified atom stereocenters. The third-order valence-corrected chi connectivity index (χ3v) is 4.54. The van der Waals surface area contributed by atoms with Crippen molar-refractivity contribution >= 4 is 45.9 Å². The number of nitrogens with one attached hydrogen (secondary N) is 1. The molecule has 148 valence electrons. The van der Waals surface area contributed by atoms with Crippen molar-refractivity contribution in [2.75, 3.05) is 12.4 Å². The lowest BCUT2D eigenvalue weighted by atomic mass is 10.3. The summed E-state index contributed by atoms with van der Waals surface area (Å²) in [6.07, 6.45) is -1.11. The van der Waals surface area contributed by atoms with Crippen molar-refractivity contribution in [3.63, 3.8) is 0 Å². The smallest absolute Gasteiger partial charge is 0.423 e. The van der Waals surface area contributed by atoms with Crippen LogP contribution >= 0.6 is 23.1 Å². The van der Waals surface area contributed by atoms with Gasteiger partial charge in [0.25, 0.3) is 0 Å². The Morgan fingerprint density at radius 1 is 1.14 bits per heavy atom. The van der Waals surface area contributed by atoms with Crippen LogP contribution < -0.4 is 10.1 Å². The second-order valence-electron chi connectivity index (χ2n) is 5.42. The van der Waals surface area contributed by atoms with E-state index in [4.69, 9.17) is 16.3 Å². The van der Waals surface area contributed by atoms with Crippen LogP contribution in [0.3, 0.4) is 0 Å². The minimum absolute atomic E-state index is 0.111. The molecule has 0 aliphatic carbocycles. The molecular formula is C15H8ClF3N8OS. The van der Waals surface area contributed by atoms with Gasteiger partial charge >= 0.3 is 6.18 Å². The van der Waals surface area contributed by atoms with Crippen molar-refractivity contribution in [1.82, 2.24) is 34.5 Å². The number of pyridine rings is 1. The fraction of sp³-hybridized carbons (Fsp3) is 0.133. The molecule has 29 heavy (non-hydrogen) atoms. The zero-order chi connectivity index (χ0) is 20.6. The Balaban J connectivity index is 1.71. The first-order valence-electron chi connectivity index (χ1n) is 7.72. The molecule has 0 aromatic carbocycles. The highest BCUT2D eigenvalue weighted by atomic mass is 35.5. The fourth-order valence-electron chi connectivity index (χ4n) is 2.36. The maximum atomic E-state index is 13.0. The monoisotopic (exact) mass is 440 g/mol. The quantitative estimate of drug-likeness (QED) is 0.506. The molecule has 4 heterocycles. The summed E-state index contributed by atoms with van der Waals surface area (Å²) in [5.74, 6) is -0.715. The van der Waals surface area contributed by atoms with Crippen LogP contribution in [0, 0.1) is 0 Å². The molecule has 0 bridgehead atoms. The average Bonchev–Trinajstić information content (AvgIpc) is 3.12. The van der Waals surface area contributed by atoms with Crippen LogP contribution in [-0.2, 0) is 6.18 Å². The lowest BCUT2D eigenvalue weighted by Gasteiger charge is -2.12. The maximum absolute atomic E-state index is 13.0. The summed E-state index contributed by atoms with van der Waals surface area (Å²) in [7, 11) is 1.09. The SMILES string of the molecule is COc1nc(Nc2ccnc3nc(-c4nnsc4Cl)cnc23)ncc1C(F)(F)F. The summed E-state index contributed by atoms with van der Waals surface area (Å²) >= 11 is 7.03. The number of nitrogens with zero attached hydrogens (tertiary/aromatic N) is 7. The zero-order valence-corrected chi connectivity index (χ0v) is 15.8. The Kier molecular flexibility index (Phi) is 4.84. The van der Waals surface area contributed by atoms with Gasteiger partial charge in [0, 0.05) is 23.9 Å². The number of ether oxygens (including phenoxy) is 1. The molecule has 0 radical (unpaired) electrons. The normalized spacial score (nSPS) is 11.6. The standard InChI is InChI=1S/C15H8ClF3N8OS/c1-28-13-6(15(17,18)19)4-22-14(25-13)24-7-2-3-20-12-10(7)21-5-8(23-12)9-11(16)29-27-26-9/h2-5H,1H3,(H,20,22,23,24,25). The van der Waals surface area contributed by atoms with E-state index in [1.807, 2.05) is 0 Å². The number of hydrogen-bond donors (Lipinski definition) is 1.